The van der Waals surface area contributed by atoms with E-state index in [-0.39, 0.29) is 6.04 Å². The van der Waals surface area contributed by atoms with E-state index >= 15 is 0 Å². The van der Waals surface area contributed by atoms with Gasteiger partial charge >= 0.3 is 0 Å². The Bertz CT molecular complexity index is 467. The summed E-state index contributed by atoms with van der Waals surface area (Å²) in [6.07, 6.45) is 0.531. The van der Waals surface area contributed by atoms with E-state index < -0.39 is 0 Å². The highest BCUT2D eigenvalue weighted by atomic mass is 35.5. The van der Waals surface area contributed by atoms with Crippen LogP contribution in [0, 0.1) is 18.3 Å². The quantitative estimate of drug-likeness (QED) is 0.892. The molecule has 0 aliphatic carbocycles. The van der Waals surface area contributed by atoms with Crippen LogP contribution in [0.25, 0.3) is 0 Å². The van der Waals surface area contributed by atoms with Gasteiger partial charge in [0.25, 0.3) is 0 Å². The fraction of sp³-hybridized carbons (Fsp3) is 0.500. The molecular formula is C14H18ClN3. The van der Waals surface area contributed by atoms with Crippen LogP contribution in [0.3, 0.4) is 0 Å². The minimum absolute atomic E-state index is 0.218. The van der Waals surface area contributed by atoms with Crippen molar-refractivity contribution >= 4 is 17.3 Å². The Morgan fingerprint density at radius 2 is 2.28 bits per heavy atom. The van der Waals surface area contributed by atoms with Gasteiger partial charge in [0.05, 0.1) is 18.5 Å². The summed E-state index contributed by atoms with van der Waals surface area (Å²) in [5.74, 6) is 0. The van der Waals surface area contributed by atoms with Crippen molar-refractivity contribution in [2.75, 3.05) is 18.0 Å². The van der Waals surface area contributed by atoms with Crippen LogP contribution in [0.1, 0.15) is 18.9 Å². The first-order chi connectivity index (χ1) is 8.63. The maximum absolute atomic E-state index is 8.96. The van der Waals surface area contributed by atoms with E-state index in [1.54, 1.807) is 0 Å². The highest BCUT2D eigenvalue weighted by Gasteiger charge is 2.28. The highest BCUT2D eigenvalue weighted by molar-refractivity contribution is 6.30. The third-order valence-electron chi connectivity index (χ3n) is 3.46. The number of nitrogens with zero attached hydrogens (tertiary/aromatic N) is 2. The second-order valence-corrected chi connectivity index (χ2v) is 5.30. The number of nitrogens with one attached hydrogen (secondary N) is 1. The molecule has 18 heavy (non-hydrogen) atoms. The molecule has 0 aromatic heterocycles. The number of halogens is 1. The lowest BCUT2D eigenvalue weighted by Gasteiger charge is -2.42. The molecule has 96 valence electrons. The molecule has 1 aliphatic heterocycles. The summed E-state index contributed by atoms with van der Waals surface area (Å²) in [5.41, 5.74) is 2.35. The monoisotopic (exact) mass is 263 g/mol. The maximum Gasteiger partial charge on any atom is 0.0643 e. The Morgan fingerprint density at radius 1 is 1.50 bits per heavy atom. The van der Waals surface area contributed by atoms with Gasteiger partial charge in [0.2, 0.25) is 0 Å². The lowest BCUT2D eigenvalue weighted by molar-refractivity contribution is 0.417. The number of benzene rings is 1. The number of anilines is 1. The third kappa shape index (κ3) is 2.60. The van der Waals surface area contributed by atoms with E-state index in [0.29, 0.717) is 12.5 Å². The van der Waals surface area contributed by atoms with E-state index in [0.717, 1.165) is 23.8 Å². The number of aryl methyl sites for hydroxylation is 1. The largest absolute Gasteiger partial charge is 0.362 e. The summed E-state index contributed by atoms with van der Waals surface area (Å²) >= 11 is 6.10. The van der Waals surface area contributed by atoms with Crippen LogP contribution in [-0.4, -0.2) is 25.2 Å². The van der Waals surface area contributed by atoms with Crippen LogP contribution in [0.15, 0.2) is 18.2 Å². The molecule has 2 rings (SSSR count). The van der Waals surface area contributed by atoms with E-state index in [4.69, 9.17) is 16.9 Å². The normalized spacial score (nSPS) is 23.8. The molecule has 1 aliphatic rings. The molecule has 1 aromatic carbocycles. The second-order valence-electron chi connectivity index (χ2n) is 4.86. The zero-order chi connectivity index (χ0) is 13.1. The van der Waals surface area contributed by atoms with Crippen LogP contribution >= 0.6 is 11.6 Å². The molecule has 1 N–H and O–H groups in total. The molecule has 1 heterocycles. The molecule has 1 saturated heterocycles. The molecule has 2 unspecified atom stereocenters. The molecule has 1 fully saturated rings. The predicted octanol–water partition coefficient (Wildman–Crippen LogP) is 2.73. The average molecular weight is 264 g/mol. The van der Waals surface area contributed by atoms with Gasteiger partial charge in [0.1, 0.15) is 0 Å². The summed E-state index contributed by atoms with van der Waals surface area (Å²) in [6.45, 7) is 6.05. The van der Waals surface area contributed by atoms with E-state index in [2.05, 4.69) is 30.1 Å². The first-order valence-corrected chi connectivity index (χ1v) is 6.63. The molecule has 0 bridgehead atoms. The van der Waals surface area contributed by atoms with Crippen molar-refractivity contribution in [1.29, 1.82) is 5.26 Å². The van der Waals surface area contributed by atoms with Crippen LogP contribution in [0.4, 0.5) is 5.69 Å². The standard InChI is InChI=1S/C14H18ClN3/c1-10-3-4-12(15)7-14(10)18-11(2)8-17-9-13(18)5-6-16/h3-4,7,11,13,17H,5,8-9H2,1-2H3. The van der Waals surface area contributed by atoms with Crippen molar-refractivity contribution in [3.05, 3.63) is 28.8 Å². The molecule has 3 nitrogen and oxygen atoms in total. The van der Waals surface area contributed by atoms with E-state index in [9.17, 15) is 0 Å². The molecule has 4 heteroatoms. The van der Waals surface area contributed by atoms with Gasteiger partial charge in [-0.1, -0.05) is 17.7 Å². The molecule has 0 spiro atoms. The zero-order valence-electron chi connectivity index (χ0n) is 10.8. The minimum Gasteiger partial charge on any atom is -0.362 e. The number of hydrogen-bond donors (Lipinski definition) is 1. The van der Waals surface area contributed by atoms with Gasteiger partial charge in [0, 0.05) is 29.8 Å². The number of nitriles is 1. The SMILES string of the molecule is Cc1ccc(Cl)cc1N1C(C)CNCC1CC#N. The first kappa shape index (κ1) is 13.2. The molecular weight excluding hydrogens is 246 g/mol. The molecule has 0 saturated carbocycles. The number of rotatable bonds is 2. The summed E-state index contributed by atoms with van der Waals surface area (Å²) in [7, 11) is 0. The Kier molecular flexibility index (Phi) is 4.11. The Labute approximate surface area is 113 Å². The van der Waals surface area contributed by atoms with Gasteiger partial charge in [-0.3, -0.25) is 0 Å². The van der Waals surface area contributed by atoms with Crippen molar-refractivity contribution in [1.82, 2.24) is 5.32 Å². The fourth-order valence-corrected chi connectivity index (χ4v) is 2.75. The van der Waals surface area contributed by atoms with E-state index in [1.165, 1.54) is 5.56 Å². The second kappa shape index (κ2) is 5.60. The molecule has 1 aromatic rings. The zero-order valence-corrected chi connectivity index (χ0v) is 11.5. The highest BCUT2D eigenvalue weighted by Crippen LogP contribution is 2.29. The molecule has 0 radical (unpaired) electrons. The van der Waals surface area contributed by atoms with Crippen LogP contribution < -0.4 is 10.2 Å². The lowest BCUT2D eigenvalue weighted by atomic mass is 10.0. The smallest absolute Gasteiger partial charge is 0.0643 e. The average Bonchev–Trinajstić information content (AvgIpc) is 2.34. The molecule has 0 amide bonds. The summed E-state index contributed by atoms with van der Waals surface area (Å²) in [6, 6.07) is 8.82. The van der Waals surface area contributed by atoms with Crippen molar-refractivity contribution in [2.45, 2.75) is 32.4 Å². The number of piperazine rings is 1. The molecule has 2 atom stereocenters. The van der Waals surface area contributed by atoms with Gasteiger partial charge in [-0.05, 0) is 31.5 Å². The van der Waals surface area contributed by atoms with Crippen molar-refractivity contribution in [3.8, 4) is 6.07 Å². The number of hydrogen-bond acceptors (Lipinski definition) is 3. The van der Waals surface area contributed by atoms with Crippen molar-refractivity contribution < 1.29 is 0 Å². The topological polar surface area (TPSA) is 39.1 Å². The van der Waals surface area contributed by atoms with Gasteiger partial charge in [-0.15, -0.1) is 0 Å². The van der Waals surface area contributed by atoms with Crippen molar-refractivity contribution in [2.24, 2.45) is 0 Å². The van der Waals surface area contributed by atoms with Gasteiger partial charge in [-0.25, -0.2) is 0 Å². The minimum atomic E-state index is 0.218. The third-order valence-corrected chi connectivity index (χ3v) is 3.70. The van der Waals surface area contributed by atoms with Crippen molar-refractivity contribution in [3.63, 3.8) is 0 Å². The Morgan fingerprint density at radius 3 is 3.00 bits per heavy atom. The maximum atomic E-state index is 8.96. The van der Waals surface area contributed by atoms with Gasteiger partial charge < -0.3 is 10.2 Å². The lowest BCUT2D eigenvalue weighted by Crippen LogP contribution is -2.56. The fourth-order valence-electron chi connectivity index (χ4n) is 2.59. The van der Waals surface area contributed by atoms with Crippen LogP contribution in [-0.2, 0) is 0 Å². The first-order valence-electron chi connectivity index (χ1n) is 6.25. The van der Waals surface area contributed by atoms with Gasteiger partial charge in [0.15, 0.2) is 0 Å². The Balaban J connectivity index is 2.37. The summed E-state index contributed by atoms with van der Waals surface area (Å²) in [5, 5.41) is 13.1. The van der Waals surface area contributed by atoms with Gasteiger partial charge in [-0.2, -0.15) is 5.26 Å². The predicted molar refractivity (Wildman–Crippen MR) is 75.0 cm³/mol. The van der Waals surface area contributed by atoms with Crippen LogP contribution in [0.5, 0.6) is 0 Å². The van der Waals surface area contributed by atoms with Crippen LogP contribution in [0.2, 0.25) is 5.02 Å². The summed E-state index contributed by atoms with van der Waals surface area (Å²) < 4.78 is 0. The summed E-state index contributed by atoms with van der Waals surface area (Å²) in [4.78, 5) is 2.33. The van der Waals surface area contributed by atoms with E-state index in [1.807, 2.05) is 18.2 Å². The Hall–Kier alpha value is -1.24.